The zero-order chi connectivity index (χ0) is 13.7. The van der Waals surface area contributed by atoms with Crippen molar-refractivity contribution in [3.05, 3.63) is 11.1 Å². The number of aromatic nitrogens is 1. The summed E-state index contributed by atoms with van der Waals surface area (Å²) in [7, 11) is 0. The number of nitrogens with zero attached hydrogens (tertiary/aromatic N) is 1. The summed E-state index contributed by atoms with van der Waals surface area (Å²) in [5.41, 5.74) is 0.855. The van der Waals surface area contributed by atoms with E-state index in [0.29, 0.717) is 18.0 Å². The molecular formula is C13H18N2O3S. The first-order valence-corrected chi connectivity index (χ1v) is 7.50. The monoisotopic (exact) mass is 282 g/mol. The van der Waals surface area contributed by atoms with E-state index in [1.165, 1.54) is 11.3 Å². The van der Waals surface area contributed by atoms with E-state index >= 15 is 0 Å². The van der Waals surface area contributed by atoms with Gasteiger partial charge in [0.05, 0.1) is 5.69 Å². The fourth-order valence-corrected chi connectivity index (χ4v) is 3.04. The third-order valence-corrected chi connectivity index (χ3v) is 4.14. The highest BCUT2D eigenvalue weighted by Crippen LogP contribution is 2.26. The second-order valence-electron chi connectivity index (χ2n) is 4.86. The number of hydrogen-bond acceptors (Lipinski definition) is 4. The summed E-state index contributed by atoms with van der Waals surface area (Å²) >= 11 is 1.41. The first kappa shape index (κ1) is 14.0. The molecule has 6 heteroatoms. The van der Waals surface area contributed by atoms with Crippen molar-refractivity contribution in [1.82, 2.24) is 4.98 Å². The molecule has 2 N–H and O–H groups in total. The van der Waals surface area contributed by atoms with Gasteiger partial charge in [-0.3, -0.25) is 9.59 Å². The third kappa shape index (κ3) is 4.31. The zero-order valence-corrected chi connectivity index (χ0v) is 11.5. The van der Waals surface area contributed by atoms with Gasteiger partial charge in [-0.1, -0.05) is 12.8 Å². The van der Waals surface area contributed by atoms with Crippen molar-refractivity contribution in [3.8, 4) is 0 Å². The summed E-state index contributed by atoms with van der Waals surface area (Å²) in [5, 5.41) is 13.9. The van der Waals surface area contributed by atoms with Crippen LogP contribution in [0.3, 0.4) is 0 Å². The van der Waals surface area contributed by atoms with Gasteiger partial charge in [0.2, 0.25) is 5.91 Å². The molecule has 104 valence electrons. The molecule has 1 aromatic rings. The van der Waals surface area contributed by atoms with Crippen molar-refractivity contribution in [3.63, 3.8) is 0 Å². The molecule has 0 aromatic carbocycles. The predicted molar refractivity (Wildman–Crippen MR) is 73.3 cm³/mol. The van der Waals surface area contributed by atoms with Gasteiger partial charge in [-0.2, -0.15) is 0 Å². The van der Waals surface area contributed by atoms with E-state index in [1.807, 2.05) is 5.38 Å². The van der Waals surface area contributed by atoms with Crippen LogP contribution in [0, 0.1) is 5.92 Å². The van der Waals surface area contributed by atoms with Crippen molar-refractivity contribution in [2.75, 3.05) is 5.32 Å². The number of thiazole rings is 1. The molecule has 0 atom stereocenters. The summed E-state index contributed by atoms with van der Waals surface area (Å²) in [6, 6.07) is 0. The lowest BCUT2D eigenvalue weighted by Gasteiger charge is -2.07. The molecule has 2 rings (SSSR count). The molecule has 0 bridgehead atoms. The van der Waals surface area contributed by atoms with Gasteiger partial charge >= 0.3 is 5.97 Å². The first-order valence-electron chi connectivity index (χ1n) is 6.62. The standard InChI is InChI=1S/C13H18N2O3S/c16-11(17)7-3-6-10-8-19-13(14-10)15-12(18)9-4-1-2-5-9/h8-9H,1-7H2,(H,16,17)(H,14,15,18). The molecule has 5 nitrogen and oxygen atoms in total. The Morgan fingerprint density at radius 1 is 1.42 bits per heavy atom. The van der Waals surface area contributed by atoms with Crippen LogP contribution >= 0.6 is 11.3 Å². The lowest BCUT2D eigenvalue weighted by molar-refractivity contribution is -0.137. The van der Waals surface area contributed by atoms with Gasteiger partial charge in [0, 0.05) is 17.7 Å². The highest BCUT2D eigenvalue weighted by atomic mass is 32.1. The van der Waals surface area contributed by atoms with Gasteiger partial charge < -0.3 is 10.4 Å². The number of anilines is 1. The van der Waals surface area contributed by atoms with Crippen molar-refractivity contribution in [1.29, 1.82) is 0 Å². The van der Waals surface area contributed by atoms with E-state index in [-0.39, 0.29) is 18.2 Å². The van der Waals surface area contributed by atoms with Gasteiger partial charge in [0.1, 0.15) is 0 Å². The summed E-state index contributed by atoms with van der Waals surface area (Å²) in [4.78, 5) is 26.6. The Morgan fingerprint density at radius 3 is 2.84 bits per heavy atom. The summed E-state index contributed by atoms with van der Waals surface area (Å²) in [6.07, 6.45) is 5.59. The molecule has 0 unspecified atom stereocenters. The van der Waals surface area contributed by atoms with Gasteiger partial charge in [-0.25, -0.2) is 4.98 Å². The molecule has 0 spiro atoms. The molecule has 19 heavy (non-hydrogen) atoms. The van der Waals surface area contributed by atoms with E-state index < -0.39 is 5.97 Å². The van der Waals surface area contributed by atoms with Crippen LogP contribution in [0.2, 0.25) is 0 Å². The lowest BCUT2D eigenvalue weighted by atomic mass is 10.1. The first-order chi connectivity index (χ1) is 9.15. The summed E-state index contributed by atoms with van der Waals surface area (Å²) < 4.78 is 0. The molecule has 1 fully saturated rings. The minimum Gasteiger partial charge on any atom is -0.481 e. The Hall–Kier alpha value is -1.43. The average Bonchev–Trinajstić information content (AvgIpc) is 2.99. The molecule has 1 aliphatic rings. The zero-order valence-electron chi connectivity index (χ0n) is 10.7. The molecule has 1 aromatic heterocycles. The highest BCUT2D eigenvalue weighted by molar-refractivity contribution is 7.13. The van der Waals surface area contributed by atoms with Crippen LogP contribution in [0.4, 0.5) is 5.13 Å². The number of rotatable bonds is 6. The Kier molecular flexibility index (Phi) is 4.90. The number of carboxylic acid groups (broad SMARTS) is 1. The quantitative estimate of drug-likeness (QED) is 0.840. The number of amides is 1. The SMILES string of the molecule is O=C(O)CCCc1csc(NC(=O)C2CCCC2)n1. The fourth-order valence-electron chi connectivity index (χ4n) is 2.30. The number of nitrogens with one attached hydrogen (secondary N) is 1. The smallest absolute Gasteiger partial charge is 0.303 e. The minimum absolute atomic E-state index is 0.0731. The maximum absolute atomic E-state index is 11.9. The lowest BCUT2D eigenvalue weighted by Crippen LogP contribution is -2.20. The van der Waals surface area contributed by atoms with Crippen LogP contribution in [0.5, 0.6) is 0 Å². The Morgan fingerprint density at radius 2 is 2.16 bits per heavy atom. The van der Waals surface area contributed by atoms with E-state index in [9.17, 15) is 9.59 Å². The molecule has 0 radical (unpaired) electrons. The van der Waals surface area contributed by atoms with Crippen molar-refractivity contribution < 1.29 is 14.7 Å². The van der Waals surface area contributed by atoms with Gasteiger partial charge in [-0.15, -0.1) is 11.3 Å². The minimum atomic E-state index is -0.787. The molecule has 1 saturated carbocycles. The second-order valence-corrected chi connectivity index (χ2v) is 5.72. The van der Waals surface area contributed by atoms with E-state index in [4.69, 9.17) is 5.11 Å². The number of hydrogen-bond donors (Lipinski definition) is 2. The van der Waals surface area contributed by atoms with Crippen molar-refractivity contribution in [2.45, 2.75) is 44.9 Å². The summed E-state index contributed by atoms with van der Waals surface area (Å²) in [6.45, 7) is 0. The van der Waals surface area contributed by atoms with Crippen molar-refractivity contribution in [2.24, 2.45) is 5.92 Å². The Labute approximate surface area is 116 Å². The normalized spacial score (nSPS) is 15.6. The number of carbonyl (C=O) groups excluding carboxylic acids is 1. The predicted octanol–water partition coefficient (Wildman–Crippen LogP) is 2.68. The van der Waals surface area contributed by atoms with Crippen LogP contribution in [-0.2, 0) is 16.0 Å². The van der Waals surface area contributed by atoms with Crippen LogP contribution in [0.25, 0.3) is 0 Å². The van der Waals surface area contributed by atoms with Gasteiger partial charge in [0.15, 0.2) is 5.13 Å². The van der Waals surface area contributed by atoms with Crippen LogP contribution < -0.4 is 5.32 Å². The number of aliphatic carboxylic acids is 1. The van der Waals surface area contributed by atoms with Crippen LogP contribution in [0.1, 0.15) is 44.2 Å². The van der Waals surface area contributed by atoms with Gasteiger partial charge in [-0.05, 0) is 25.7 Å². The van der Waals surface area contributed by atoms with Crippen LogP contribution in [0.15, 0.2) is 5.38 Å². The molecular weight excluding hydrogens is 264 g/mol. The number of carboxylic acids is 1. The number of aryl methyl sites for hydroxylation is 1. The molecule has 1 aliphatic carbocycles. The number of carbonyl (C=O) groups is 2. The maximum atomic E-state index is 11.9. The molecule has 0 aliphatic heterocycles. The summed E-state index contributed by atoms with van der Waals surface area (Å²) in [5.74, 6) is -0.576. The topological polar surface area (TPSA) is 79.3 Å². The van der Waals surface area contributed by atoms with E-state index in [2.05, 4.69) is 10.3 Å². The van der Waals surface area contributed by atoms with Gasteiger partial charge in [0.25, 0.3) is 0 Å². The van der Waals surface area contributed by atoms with Crippen molar-refractivity contribution >= 4 is 28.3 Å². The van der Waals surface area contributed by atoms with E-state index in [0.717, 1.165) is 31.4 Å². The molecule has 1 amide bonds. The Bertz CT molecular complexity index is 452. The largest absolute Gasteiger partial charge is 0.481 e. The molecule has 0 saturated heterocycles. The third-order valence-electron chi connectivity index (χ3n) is 3.33. The Balaban J connectivity index is 1.79. The second kappa shape index (κ2) is 6.65. The fraction of sp³-hybridized carbons (Fsp3) is 0.615. The average molecular weight is 282 g/mol. The maximum Gasteiger partial charge on any atom is 0.303 e. The highest BCUT2D eigenvalue weighted by Gasteiger charge is 2.23. The van der Waals surface area contributed by atoms with E-state index in [1.54, 1.807) is 0 Å². The molecule has 1 heterocycles. The van der Waals surface area contributed by atoms with Crippen LogP contribution in [-0.4, -0.2) is 22.0 Å².